The number of fused-ring (bicyclic) bond motifs is 1. The van der Waals surface area contributed by atoms with Gasteiger partial charge in [0.2, 0.25) is 0 Å². The average Bonchev–Trinajstić information content (AvgIpc) is 3.24. The zero-order valence-corrected chi connectivity index (χ0v) is 16.8. The van der Waals surface area contributed by atoms with E-state index in [0.29, 0.717) is 16.4 Å². The van der Waals surface area contributed by atoms with E-state index in [1.807, 2.05) is 62.4 Å². The standard InChI is InChI=1S/C21H19ClN6O/c1-14-7-9-16(10-8-14)28-21(22)17(15(2)26-28)11-24-25-20(29)12-27-13-23-18-5-3-4-6-19(18)27/h3-11,13H,12H2,1-2H3,(H,25,29)/b24-11+. The molecule has 4 aromatic rings. The van der Waals surface area contributed by atoms with Gasteiger partial charge in [0.05, 0.1) is 40.5 Å². The second-order valence-electron chi connectivity index (χ2n) is 6.69. The minimum atomic E-state index is -0.260. The number of nitrogens with one attached hydrogen (secondary N) is 1. The van der Waals surface area contributed by atoms with Crippen LogP contribution in [0.3, 0.4) is 0 Å². The van der Waals surface area contributed by atoms with Crippen LogP contribution in [0.1, 0.15) is 16.8 Å². The number of aromatic nitrogens is 4. The molecule has 8 heteroatoms. The van der Waals surface area contributed by atoms with Crippen LogP contribution < -0.4 is 5.43 Å². The van der Waals surface area contributed by atoms with Crippen LogP contribution in [0.2, 0.25) is 5.15 Å². The van der Waals surface area contributed by atoms with E-state index in [9.17, 15) is 4.79 Å². The van der Waals surface area contributed by atoms with Crippen molar-refractivity contribution in [3.05, 3.63) is 76.8 Å². The predicted octanol–water partition coefficient (Wildman–Crippen LogP) is 3.64. The SMILES string of the molecule is Cc1ccc(-n2nc(C)c(/C=N/NC(=O)Cn3cnc4ccccc43)c2Cl)cc1. The minimum Gasteiger partial charge on any atom is -0.321 e. The molecule has 29 heavy (non-hydrogen) atoms. The van der Waals surface area contributed by atoms with Gasteiger partial charge in [0.25, 0.3) is 5.91 Å². The third-order valence-corrected chi connectivity index (χ3v) is 4.91. The van der Waals surface area contributed by atoms with Crippen molar-refractivity contribution in [3.63, 3.8) is 0 Å². The number of hydrogen-bond acceptors (Lipinski definition) is 4. The zero-order chi connectivity index (χ0) is 20.4. The van der Waals surface area contributed by atoms with Gasteiger partial charge < -0.3 is 4.57 Å². The first kappa shape index (κ1) is 18.9. The number of amides is 1. The maximum absolute atomic E-state index is 12.2. The molecule has 2 heterocycles. The number of hydrazone groups is 1. The molecular formula is C21H19ClN6O. The van der Waals surface area contributed by atoms with Crippen LogP contribution in [-0.4, -0.2) is 31.5 Å². The van der Waals surface area contributed by atoms with Crippen LogP contribution in [0, 0.1) is 13.8 Å². The van der Waals surface area contributed by atoms with Crippen molar-refractivity contribution >= 4 is 34.8 Å². The molecule has 0 radical (unpaired) electrons. The molecule has 0 aliphatic rings. The van der Waals surface area contributed by atoms with Crippen LogP contribution in [0.5, 0.6) is 0 Å². The smallest absolute Gasteiger partial charge is 0.260 e. The fourth-order valence-corrected chi connectivity index (χ4v) is 3.33. The van der Waals surface area contributed by atoms with Gasteiger partial charge in [-0.2, -0.15) is 10.2 Å². The number of nitrogens with zero attached hydrogens (tertiary/aromatic N) is 5. The summed E-state index contributed by atoms with van der Waals surface area (Å²) in [4.78, 5) is 16.5. The summed E-state index contributed by atoms with van der Waals surface area (Å²) >= 11 is 6.48. The Morgan fingerprint density at radius 2 is 1.93 bits per heavy atom. The lowest BCUT2D eigenvalue weighted by Gasteiger charge is -2.03. The van der Waals surface area contributed by atoms with E-state index in [1.54, 1.807) is 15.6 Å². The van der Waals surface area contributed by atoms with Gasteiger partial charge in [0.15, 0.2) is 0 Å². The number of hydrogen-bond donors (Lipinski definition) is 1. The molecule has 0 saturated carbocycles. The number of carbonyl (C=O) groups is 1. The molecule has 0 spiro atoms. The highest BCUT2D eigenvalue weighted by Gasteiger charge is 2.13. The number of benzene rings is 2. The molecule has 1 N–H and O–H groups in total. The Bertz CT molecular complexity index is 1210. The Morgan fingerprint density at radius 3 is 2.72 bits per heavy atom. The number of imidazole rings is 1. The third-order valence-electron chi connectivity index (χ3n) is 4.55. The van der Waals surface area contributed by atoms with Gasteiger partial charge >= 0.3 is 0 Å². The quantitative estimate of drug-likeness (QED) is 0.406. The second kappa shape index (κ2) is 7.89. The van der Waals surface area contributed by atoms with Crippen molar-refractivity contribution in [1.82, 2.24) is 24.8 Å². The topological polar surface area (TPSA) is 77.1 Å². The fraction of sp³-hybridized carbons (Fsp3) is 0.143. The van der Waals surface area contributed by atoms with Crippen molar-refractivity contribution in [1.29, 1.82) is 0 Å². The first-order valence-corrected chi connectivity index (χ1v) is 9.44. The predicted molar refractivity (Wildman–Crippen MR) is 114 cm³/mol. The molecule has 1 amide bonds. The van der Waals surface area contributed by atoms with Gasteiger partial charge in [0, 0.05) is 0 Å². The van der Waals surface area contributed by atoms with Crippen molar-refractivity contribution in [2.75, 3.05) is 0 Å². The highest BCUT2D eigenvalue weighted by Crippen LogP contribution is 2.22. The zero-order valence-electron chi connectivity index (χ0n) is 16.0. The summed E-state index contributed by atoms with van der Waals surface area (Å²) in [5.74, 6) is -0.260. The highest BCUT2D eigenvalue weighted by molar-refractivity contribution is 6.32. The Kier molecular flexibility index (Phi) is 5.14. The number of carbonyl (C=O) groups excluding carboxylic acids is 1. The molecule has 2 aromatic carbocycles. The van der Waals surface area contributed by atoms with Crippen LogP contribution in [0.15, 0.2) is 60.0 Å². The molecule has 7 nitrogen and oxygen atoms in total. The maximum atomic E-state index is 12.2. The molecule has 0 unspecified atom stereocenters. The molecule has 4 rings (SSSR count). The van der Waals surface area contributed by atoms with Crippen LogP contribution in [-0.2, 0) is 11.3 Å². The molecule has 0 bridgehead atoms. The van der Waals surface area contributed by atoms with Gasteiger partial charge in [-0.05, 0) is 38.1 Å². The molecule has 146 valence electrons. The lowest BCUT2D eigenvalue weighted by molar-refractivity contribution is -0.121. The molecular weight excluding hydrogens is 388 g/mol. The van der Waals surface area contributed by atoms with E-state index < -0.39 is 0 Å². The van der Waals surface area contributed by atoms with Crippen LogP contribution in [0.4, 0.5) is 0 Å². The Hall–Kier alpha value is -3.45. The van der Waals surface area contributed by atoms with Crippen molar-refractivity contribution in [2.24, 2.45) is 5.10 Å². The van der Waals surface area contributed by atoms with E-state index in [-0.39, 0.29) is 12.5 Å². The van der Waals surface area contributed by atoms with E-state index in [2.05, 4.69) is 20.6 Å². The monoisotopic (exact) mass is 406 g/mol. The van der Waals surface area contributed by atoms with E-state index >= 15 is 0 Å². The van der Waals surface area contributed by atoms with Crippen molar-refractivity contribution in [2.45, 2.75) is 20.4 Å². The van der Waals surface area contributed by atoms with E-state index in [1.165, 1.54) is 6.21 Å². The van der Waals surface area contributed by atoms with Gasteiger partial charge in [-0.3, -0.25) is 4.79 Å². The van der Waals surface area contributed by atoms with Crippen molar-refractivity contribution < 1.29 is 4.79 Å². The Labute approximate surface area is 172 Å². The summed E-state index contributed by atoms with van der Waals surface area (Å²) in [7, 11) is 0. The van der Waals surface area contributed by atoms with Crippen LogP contribution >= 0.6 is 11.6 Å². The highest BCUT2D eigenvalue weighted by atomic mass is 35.5. The normalized spacial score (nSPS) is 11.4. The summed E-state index contributed by atoms with van der Waals surface area (Å²) in [5, 5.41) is 8.96. The lowest BCUT2D eigenvalue weighted by atomic mass is 10.2. The van der Waals surface area contributed by atoms with E-state index in [0.717, 1.165) is 22.3 Å². The van der Waals surface area contributed by atoms with Gasteiger partial charge in [0.1, 0.15) is 11.7 Å². The lowest BCUT2D eigenvalue weighted by Crippen LogP contribution is -2.22. The van der Waals surface area contributed by atoms with Crippen molar-refractivity contribution in [3.8, 4) is 5.69 Å². The van der Waals surface area contributed by atoms with Crippen LogP contribution in [0.25, 0.3) is 16.7 Å². The van der Waals surface area contributed by atoms with Gasteiger partial charge in [-0.25, -0.2) is 15.1 Å². The summed E-state index contributed by atoms with van der Waals surface area (Å²) in [6, 6.07) is 15.5. The molecule has 0 saturated heterocycles. The summed E-state index contributed by atoms with van der Waals surface area (Å²) in [6.07, 6.45) is 3.15. The summed E-state index contributed by atoms with van der Waals surface area (Å²) in [6.45, 7) is 3.98. The number of rotatable bonds is 5. The molecule has 0 aliphatic carbocycles. The second-order valence-corrected chi connectivity index (χ2v) is 7.05. The summed E-state index contributed by atoms with van der Waals surface area (Å²) in [5.41, 5.74) is 7.65. The number of halogens is 1. The molecule has 2 aromatic heterocycles. The van der Waals surface area contributed by atoms with Gasteiger partial charge in [-0.15, -0.1) is 0 Å². The van der Waals surface area contributed by atoms with Gasteiger partial charge in [-0.1, -0.05) is 41.4 Å². The molecule has 0 fully saturated rings. The fourth-order valence-electron chi connectivity index (χ4n) is 3.01. The Morgan fingerprint density at radius 1 is 1.17 bits per heavy atom. The first-order valence-electron chi connectivity index (χ1n) is 9.07. The summed E-state index contributed by atoms with van der Waals surface area (Å²) < 4.78 is 3.42. The first-order chi connectivity index (χ1) is 14.0. The minimum absolute atomic E-state index is 0.118. The maximum Gasteiger partial charge on any atom is 0.260 e. The Balaban J connectivity index is 1.46. The third kappa shape index (κ3) is 3.90. The number of aryl methyl sites for hydroxylation is 2. The largest absolute Gasteiger partial charge is 0.321 e. The molecule has 0 atom stereocenters. The van der Waals surface area contributed by atoms with E-state index in [4.69, 9.17) is 11.6 Å². The average molecular weight is 407 g/mol. The number of para-hydroxylation sites is 2. The molecule has 0 aliphatic heterocycles.